The zero-order valence-electron chi connectivity index (χ0n) is 11.1. The quantitative estimate of drug-likeness (QED) is 0.743. The minimum atomic E-state index is -0.000572. The summed E-state index contributed by atoms with van der Waals surface area (Å²) >= 11 is 0. The molecule has 92 valence electrons. The fourth-order valence-corrected chi connectivity index (χ4v) is 1.26. The Kier molecular flexibility index (Phi) is 3.89. The molecule has 0 spiro atoms. The van der Waals surface area contributed by atoms with Gasteiger partial charge in [0.05, 0.1) is 6.07 Å². The van der Waals surface area contributed by atoms with Crippen LogP contribution in [0.25, 0.3) is 0 Å². The van der Waals surface area contributed by atoms with Gasteiger partial charge in [0.1, 0.15) is 24.5 Å². The van der Waals surface area contributed by atoms with Gasteiger partial charge in [0.2, 0.25) is 0 Å². The molecular weight excluding hydrogens is 214 g/mol. The van der Waals surface area contributed by atoms with Gasteiger partial charge < -0.3 is 9.80 Å². The van der Waals surface area contributed by atoms with Gasteiger partial charge in [0, 0.05) is 25.7 Å². The lowest BCUT2D eigenvalue weighted by atomic mass is 10.1. The summed E-state index contributed by atoms with van der Waals surface area (Å²) in [6.45, 7) is 6.67. The highest BCUT2D eigenvalue weighted by Crippen LogP contribution is 2.21. The van der Waals surface area contributed by atoms with Gasteiger partial charge >= 0.3 is 0 Å². The second kappa shape index (κ2) is 5.00. The number of aromatic nitrogens is 2. The van der Waals surface area contributed by atoms with Crippen LogP contribution in [0, 0.1) is 11.3 Å². The van der Waals surface area contributed by atoms with E-state index < -0.39 is 0 Å². The van der Waals surface area contributed by atoms with E-state index in [0.29, 0.717) is 6.54 Å². The van der Waals surface area contributed by atoms with Crippen LogP contribution in [0.5, 0.6) is 0 Å². The fourth-order valence-electron chi connectivity index (χ4n) is 1.26. The first-order valence-corrected chi connectivity index (χ1v) is 5.50. The molecule has 0 saturated heterocycles. The first-order valence-electron chi connectivity index (χ1n) is 5.50. The molecule has 0 N–H and O–H groups in total. The Morgan fingerprint density at radius 3 is 2.35 bits per heavy atom. The van der Waals surface area contributed by atoms with E-state index in [-0.39, 0.29) is 5.54 Å². The topological polar surface area (TPSA) is 56.1 Å². The number of hydrogen-bond donors (Lipinski definition) is 0. The van der Waals surface area contributed by atoms with Crippen molar-refractivity contribution in [2.75, 3.05) is 30.4 Å². The predicted octanol–water partition coefficient (Wildman–Crippen LogP) is 1.67. The molecule has 0 fully saturated rings. The lowest BCUT2D eigenvalue weighted by Gasteiger charge is -2.33. The predicted molar refractivity (Wildman–Crippen MR) is 69.1 cm³/mol. The highest BCUT2D eigenvalue weighted by atomic mass is 15.2. The summed E-state index contributed by atoms with van der Waals surface area (Å²) in [6, 6.07) is 3.99. The third-order valence-electron chi connectivity index (χ3n) is 2.69. The van der Waals surface area contributed by atoms with E-state index in [4.69, 9.17) is 5.26 Å². The second-order valence-electron chi connectivity index (χ2n) is 4.98. The van der Waals surface area contributed by atoms with Crippen LogP contribution in [0.15, 0.2) is 12.4 Å². The third-order valence-corrected chi connectivity index (χ3v) is 2.69. The number of nitrogens with zero attached hydrogens (tertiary/aromatic N) is 5. The molecule has 1 heterocycles. The van der Waals surface area contributed by atoms with E-state index >= 15 is 0 Å². The normalized spacial score (nSPS) is 10.8. The molecule has 5 heteroatoms. The van der Waals surface area contributed by atoms with Gasteiger partial charge in [-0.1, -0.05) is 0 Å². The van der Waals surface area contributed by atoms with E-state index in [1.54, 1.807) is 4.90 Å². The average molecular weight is 233 g/mol. The molecule has 0 atom stereocenters. The van der Waals surface area contributed by atoms with E-state index in [2.05, 4.69) is 41.7 Å². The molecule has 0 saturated carbocycles. The molecule has 5 nitrogen and oxygen atoms in total. The summed E-state index contributed by atoms with van der Waals surface area (Å²) in [4.78, 5) is 12.3. The Morgan fingerprint density at radius 2 is 1.82 bits per heavy atom. The monoisotopic (exact) mass is 233 g/mol. The summed E-state index contributed by atoms with van der Waals surface area (Å²) in [7, 11) is 3.84. The average Bonchev–Trinajstić information content (AvgIpc) is 2.27. The summed E-state index contributed by atoms with van der Waals surface area (Å²) in [5, 5.41) is 8.66. The highest BCUT2D eigenvalue weighted by molar-refractivity contribution is 5.50. The number of rotatable bonds is 3. The van der Waals surface area contributed by atoms with Gasteiger partial charge in [-0.15, -0.1) is 0 Å². The molecular formula is C12H19N5. The van der Waals surface area contributed by atoms with E-state index in [1.165, 1.54) is 6.33 Å². The molecule has 1 aromatic rings. The molecule has 0 radical (unpaired) electrons. The van der Waals surface area contributed by atoms with Crippen molar-refractivity contribution in [3.8, 4) is 6.07 Å². The van der Waals surface area contributed by atoms with Gasteiger partial charge in [-0.25, -0.2) is 9.97 Å². The minimum absolute atomic E-state index is 0.000572. The van der Waals surface area contributed by atoms with Crippen LogP contribution in [0.1, 0.15) is 20.8 Å². The summed E-state index contributed by atoms with van der Waals surface area (Å²) < 4.78 is 0. The Hall–Kier alpha value is -1.83. The van der Waals surface area contributed by atoms with Gasteiger partial charge in [0.25, 0.3) is 0 Å². The molecule has 0 aliphatic heterocycles. The fraction of sp³-hybridized carbons (Fsp3) is 0.583. The first-order chi connectivity index (χ1) is 7.86. The molecule has 1 aromatic heterocycles. The maximum absolute atomic E-state index is 8.66. The lowest BCUT2D eigenvalue weighted by molar-refractivity contribution is 0.533. The maximum atomic E-state index is 8.66. The summed E-state index contributed by atoms with van der Waals surface area (Å²) in [5.41, 5.74) is -0.000572. The van der Waals surface area contributed by atoms with Crippen LogP contribution in [0.2, 0.25) is 0 Å². The van der Waals surface area contributed by atoms with Crippen molar-refractivity contribution >= 4 is 11.6 Å². The van der Waals surface area contributed by atoms with Crippen molar-refractivity contribution in [2.45, 2.75) is 26.3 Å². The van der Waals surface area contributed by atoms with Crippen molar-refractivity contribution in [3.63, 3.8) is 0 Å². The molecule has 17 heavy (non-hydrogen) atoms. The van der Waals surface area contributed by atoms with Crippen molar-refractivity contribution in [1.29, 1.82) is 5.26 Å². The molecule has 0 aliphatic rings. The number of nitriles is 1. The third kappa shape index (κ3) is 3.31. The van der Waals surface area contributed by atoms with E-state index in [9.17, 15) is 0 Å². The second-order valence-corrected chi connectivity index (χ2v) is 4.98. The lowest BCUT2D eigenvalue weighted by Crippen LogP contribution is -2.38. The number of hydrogen-bond acceptors (Lipinski definition) is 5. The van der Waals surface area contributed by atoms with Crippen molar-refractivity contribution < 1.29 is 0 Å². The Bertz CT molecular complexity index is 416. The van der Waals surface area contributed by atoms with Crippen molar-refractivity contribution in [2.24, 2.45) is 0 Å². The standard InChI is InChI=1S/C12H19N5/c1-12(2,3)17(5)11-8-10(14-9-15-11)16(4)7-6-13/h8-9H,7H2,1-5H3. The highest BCUT2D eigenvalue weighted by Gasteiger charge is 2.19. The van der Waals surface area contributed by atoms with Crippen LogP contribution in [0.3, 0.4) is 0 Å². The van der Waals surface area contributed by atoms with Gasteiger partial charge in [-0.05, 0) is 20.8 Å². The summed E-state index contributed by atoms with van der Waals surface area (Å²) in [5.74, 6) is 1.61. The van der Waals surface area contributed by atoms with Crippen LogP contribution >= 0.6 is 0 Å². The SMILES string of the molecule is CN(CC#N)c1cc(N(C)C(C)(C)C)ncn1. The van der Waals surface area contributed by atoms with Crippen LogP contribution in [-0.2, 0) is 0 Å². The molecule has 1 rings (SSSR count). The zero-order valence-corrected chi connectivity index (χ0v) is 11.1. The molecule has 0 bridgehead atoms. The Labute approximate surface area is 103 Å². The van der Waals surface area contributed by atoms with Crippen LogP contribution < -0.4 is 9.80 Å². The largest absolute Gasteiger partial charge is 0.355 e. The zero-order chi connectivity index (χ0) is 13.1. The van der Waals surface area contributed by atoms with Gasteiger partial charge in [-0.3, -0.25) is 0 Å². The van der Waals surface area contributed by atoms with E-state index in [1.807, 2.05) is 20.2 Å². The molecule has 0 amide bonds. The van der Waals surface area contributed by atoms with E-state index in [0.717, 1.165) is 11.6 Å². The van der Waals surface area contributed by atoms with Crippen molar-refractivity contribution in [1.82, 2.24) is 9.97 Å². The van der Waals surface area contributed by atoms with Gasteiger partial charge in [-0.2, -0.15) is 5.26 Å². The van der Waals surface area contributed by atoms with Crippen molar-refractivity contribution in [3.05, 3.63) is 12.4 Å². The summed E-state index contributed by atoms with van der Waals surface area (Å²) in [6.07, 6.45) is 1.53. The Balaban J connectivity index is 2.98. The maximum Gasteiger partial charge on any atom is 0.134 e. The van der Waals surface area contributed by atoms with Crippen LogP contribution in [-0.4, -0.2) is 36.1 Å². The number of anilines is 2. The Morgan fingerprint density at radius 1 is 1.24 bits per heavy atom. The molecule has 0 unspecified atom stereocenters. The first kappa shape index (κ1) is 13.2. The van der Waals surface area contributed by atoms with Gasteiger partial charge in [0.15, 0.2) is 0 Å². The molecule has 0 aromatic carbocycles. The smallest absolute Gasteiger partial charge is 0.134 e. The minimum Gasteiger partial charge on any atom is -0.355 e. The van der Waals surface area contributed by atoms with Crippen LogP contribution in [0.4, 0.5) is 11.6 Å². The molecule has 0 aliphatic carbocycles.